The first kappa shape index (κ1) is 8.44. The Morgan fingerprint density at radius 1 is 1.29 bits per heavy atom. The molecule has 4 heteroatoms. The first-order valence-corrected chi connectivity index (χ1v) is 5.54. The molecule has 14 heavy (non-hydrogen) atoms. The van der Waals surface area contributed by atoms with Crippen molar-refractivity contribution in [3.05, 3.63) is 38.7 Å². The van der Waals surface area contributed by atoms with Crippen LogP contribution in [0.3, 0.4) is 0 Å². The van der Waals surface area contributed by atoms with Crippen LogP contribution in [0.4, 0.5) is 0 Å². The van der Waals surface area contributed by atoms with Crippen LogP contribution in [0.15, 0.2) is 22.7 Å². The van der Waals surface area contributed by atoms with E-state index in [0.717, 1.165) is 16.6 Å². The Morgan fingerprint density at radius 2 is 2.14 bits per heavy atom. The van der Waals surface area contributed by atoms with Crippen molar-refractivity contribution in [1.29, 1.82) is 0 Å². The first-order valence-electron chi connectivity index (χ1n) is 4.34. The van der Waals surface area contributed by atoms with Gasteiger partial charge in [-0.25, -0.2) is 0 Å². The lowest BCUT2D eigenvalue weighted by Gasteiger charge is -1.98. The number of hydrogen-bond acceptors (Lipinski definition) is 1. The summed E-state index contributed by atoms with van der Waals surface area (Å²) in [5.74, 6) is 0. The van der Waals surface area contributed by atoms with Gasteiger partial charge in [-0.1, -0.05) is 22.0 Å². The SMILES string of the molecule is S=c1[nH]c2c([nH]1)-c1ccc(Br)cc1C2. The molecule has 0 spiro atoms. The number of aromatic nitrogens is 2. The molecule has 0 saturated carbocycles. The molecule has 0 radical (unpaired) electrons. The Hall–Kier alpha value is -0.870. The van der Waals surface area contributed by atoms with Gasteiger partial charge in [0.15, 0.2) is 4.77 Å². The number of hydrogen-bond donors (Lipinski definition) is 2. The van der Waals surface area contributed by atoms with Crippen molar-refractivity contribution in [3.8, 4) is 11.3 Å². The van der Waals surface area contributed by atoms with E-state index in [1.54, 1.807) is 0 Å². The average molecular weight is 267 g/mol. The van der Waals surface area contributed by atoms with E-state index in [4.69, 9.17) is 12.2 Å². The molecule has 0 saturated heterocycles. The van der Waals surface area contributed by atoms with E-state index in [1.807, 2.05) is 0 Å². The van der Waals surface area contributed by atoms with E-state index < -0.39 is 0 Å². The van der Waals surface area contributed by atoms with Crippen molar-refractivity contribution in [1.82, 2.24) is 9.97 Å². The van der Waals surface area contributed by atoms with Crippen molar-refractivity contribution in [2.45, 2.75) is 6.42 Å². The van der Waals surface area contributed by atoms with E-state index >= 15 is 0 Å². The van der Waals surface area contributed by atoms with Gasteiger partial charge in [0.05, 0.1) is 5.69 Å². The smallest absolute Gasteiger partial charge is 0.175 e. The van der Waals surface area contributed by atoms with Crippen molar-refractivity contribution in [3.63, 3.8) is 0 Å². The standard InChI is InChI=1S/C10H7BrN2S/c11-6-1-2-7-5(3-6)4-8-9(7)13-10(14)12-8/h1-3H,4H2,(H2,12,13,14). The van der Waals surface area contributed by atoms with E-state index in [1.165, 1.54) is 16.8 Å². The summed E-state index contributed by atoms with van der Waals surface area (Å²) in [6.07, 6.45) is 0.942. The predicted octanol–water partition coefficient (Wildman–Crippen LogP) is 3.41. The Balaban J connectivity index is 2.30. The van der Waals surface area contributed by atoms with Crippen LogP contribution in [0.2, 0.25) is 0 Å². The molecule has 0 aliphatic heterocycles. The third kappa shape index (κ3) is 1.11. The van der Waals surface area contributed by atoms with E-state index in [-0.39, 0.29) is 0 Å². The van der Waals surface area contributed by atoms with Crippen LogP contribution in [0.1, 0.15) is 11.3 Å². The number of aromatic amines is 2. The lowest BCUT2D eigenvalue weighted by molar-refractivity contribution is 1.13. The monoisotopic (exact) mass is 266 g/mol. The van der Waals surface area contributed by atoms with Crippen molar-refractivity contribution >= 4 is 28.1 Å². The molecule has 0 atom stereocenters. The Kier molecular flexibility index (Phi) is 1.69. The highest BCUT2D eigenvalue weighted by Gasteiger charge is 2.20. The van der Waals surface area contributed by atoms with Crippen molar-refractivity contribution in [2.75, 3.05) is 0 Å². The van der Waals surface area contributed by atoms with E-state index in [0.29, 0.717) is 4.77 Å². The Morgan fingerprint density at radius 3 is 3.00 bits per heavy atom. The lowest BCUT2D eigenvalue weighted by Crippen LogP contribution is -1.82. The third-order valence-corrected chi connectivity index (χ3v) is 3.21. The fourth-order valence-electron chi connectivity index (χ4n) is 1.93. The second-order valence-electron chi connectivity index (χ2n) is 3.41. The minimum Gasteiger partial charge on any atom is -0.334 e. The molecule has 2 N–H and O–H groups in total. The van der Waals surface area contributed by atoms with Crippen LogP contribution in [-0.4, -0.2) is 9.97 Å². The number of fused-ring (bicyclic) bond motifs is 3. The highest BCUT2D eigenvalue weighted by molar-refractivity contribution is 9.10. The van der Waals surface area contributed by atoms with Gasteiger partial charge >= 0.3 is 0 Å². The third-order valence-electron chi connectivity index (χ3n) is 2.51. The van der Waals surface area contributed by atoms with Gasteiger partial charge in [-0.3, -0.25) is 0 Å². The van der Waals surface area contributed by atoms with Gasteiger partial charge in [-0.2, -0.15) is 0 Å². The summed E-state index contributed by atoms with van der Waals surface area (Å²) in [6, 6.07) is 6.32. The van der Waals surface area contributed by atoms with Crippen LogP contribution < -0.4 is 0 Å². The maximum absolute atomic E-state index is 5.06. The summed E-state index contributed by atoms with van der Waals surface area (Å²) >= 11 is 8.53. The summed E-state index contributed by atoms with van der Waals surface area (Å²) in [5, 5.41) is 0. The zero-order valence-corrected chi connectivity index (χ0v) is 9.63. The second-order valence-corrected chi connectivity index (χ2v) is 4.73. The number of H-pyrrole nitrogens is 2. The zero-order chi connectivity index (χ0) is 9.71. The molecule has 1 aliphatic carbocycles. The molecule has 0 amide bonds. The van der Waals surface area contributed by atoms with Gasteiger partial charge in [0.25, 0.3) is 0 Å². The maximum atomic E-state index is 5.06. The summed E-state index contributed by atoms with van der Waals surface area (Å²) in [5.41, 5.74) is 4.95. The topological polar surface area (TPSA) is 31.6 Å². The summed E-state index contributed by atoms with van der Waals surface area (Å²) in [7, 11) is 0. The van der Waals surface area contributed by atoms with Crippen LogP contribution in [0.25, 0.3) is 11.3 Å². The van der Waals surface area contributed by atoms with Gasteiger partial charge < -0.3 is 9.97 Å². The number of rotatable bonds is 0. The molecule has 70 valence electrons. The quantitative estimate of drug-likeness (QED) is 0.601. The van der Waals surface area contributed by atoms with E-state index in [2.05, 4.69) is 44.1 Å². The molecular formula is C10H7BrN2S. The molecule has 2 aromatic rings. The van der Waals surface area contributed by atoms with Gasteiger partial charge in [0, 0.05) is 22.2 Å². The number of benzene rings is 1. The molecule has 1 aromatic heterocycles. The van der Waals surface area contributed by atoms with Gasteiger partial charge in [0.1, 0.15) is 0 Å². The highest BCUT2D eigenvalue weighted by Crippen LogP contribution is 2.35. The number of nitrogens with one attached hydrogen (secondary N) is 2. The fourth-order valence-corrected chi connectivity index (χ4v) is 2.56. The molecule has 3 rings (SSSR count). The van der Waals surface area contributed by atoms with Crippen molar-refractivity contribution in [2.24, 2.45) is 0 Å². The summed E-state index contributed by atoms with van der Waals surface area (Å²) < 4.78 is 1.84. The zero-order valence-electron chi connectivity index (χ0n) is 7.23. The van der Waals surface area contributed by atoms with Crippen LogP contribution in [0, 0.1) is 4.77 Å². The molecule has 0 bridgehead atoms. The fraction of sp³-hybridized carbons (Fsp3) is 0.100. The van der Waals surface area contributed by atoms with Gasteiger partial charge in [0.2, 0.25) is 0 Å². The molecular weight excluding hydrogens is 260 g/mol. The average Bonchev–Trinajstić information content (AvgIpc) is 2.59. The minimum atomic E-state index is 0.712. The molecule has 0 fully saturated rings. The molecule has 2 nitrogen and oxygen atoms in total. The van der Waals surface area contributed by atoms with Crippen LogP contribution >= 0.6 is 28.1 Å². The number of imidazole rings is 1. The minimum absolute atomic E-state index is 0.712. The molecule has 1 heterocycles. The largest absolute Gasteiger partial charge is 0.334 e. The second kappa shape index (κ2) is 2.81. The van der Waals surface area contributed by atoms with Gasteiger partial charge in [-0.15, -0.1) is 0 Å². The van der Waals surface area contributed by atoms with Crippen LogP contribution in [0.5, 0.6) is 0 Å². The molecule has 1 aliphatic rings. The molecule has 1 aromatic carbocycles. The normalized spacial score (nSPS) is 12.6. The Labute approximate surface area is 94.5 Å². The lowest BCUT2D eigenvalue weighted by atomic mass is 10.1. The molecule has 0 unspecified atom stereocenters. The predicted molar refractivity (Wildman–Crippen MR) is 61.9 cm³/mol. The maximum Gasteiger partial charge on any atom is 0.175 e. The van der Waals surface area contributed by atoms with Crippen molar-refractivity contribution < 1.29 is 0 Å². The number of halogens is 1. The van der Waals surface area contributed by atoms with E-state index in [9.17, 15) is 0 Å². The first-order chi connectivity index (χ1) is 6.74. The highest BCUT2D eigenvalue weighted by atomic mass is 79.9. The van der Waals surface area contributed by atoms with Crippen LogP contribution in [-0.2, 0) is 6.42 Å². The summed E-state index contributed by atoms with van der Waals surface area (Å²) in [6.45, 7) is 0. The summed E-state index contributed by atoms with van der Waals surface area (Å²) in [4.78, 5) is 6.34. The van der Waals surface area contributed by atoms with Gasteiger partial charge in [-0.05, 0) is 29.9 Å². The Bertz CT molecular complexity index is 568.